The van der Waals surface area contributed by atoms with Crippen molar-refractivity contribution >= 4 is 17.0 Å². The van der Waals surface area contributed by atoms with Crippen LogP contribution in [-0.4, -0.2) is 4.57 Å². The van der Waals surface area contributed by atoms with Crippen LogP contribution >= 0.6 is 11.3 Å². The Labute approximate surface area is 91.8 Å². The Hall–Kier alpha value is -1.55. The number of thiophene rings is 1. The van der Waals surface area contributed by atoms with Crippen molar-refractivity contribution in [2.24, 2.45) is 0 Å². The van der Waals surface area contributed by atoms with E-state index in [2.05, 4.69) is 0 Å². The minimum atomic E-state index is -0.00454. The zero-order valence-corrected chi connectivity index (χ0v) is 9.25. The first-order valence-electron chi connectivity index (χ1n) is 4.66. The number of hydrogen-bond acceptors (Lipinski definition) is 3. The number of pyridine rings is 1. The van der Waals surface area contributed by atoms with Gasteiger partial charge in [-0.25, -0.2) is 0 Å². The lowest BCUT2D eigenvalue weighted by Crippen LogP contribution is -2.20. The van der Waals surface area contributed by atoms with Crippen molar-refractivity contribution in [1.82, 2.24) is 4.57 Å². The highest BCUT2D eigenvalue weighted by molar-refractivity contribution is 7.09. The fraction of sp³-hybridized carbons (Fsp3) is 0.182. The predicted molar refractivity (Wildman–Crippen MR) is 63.3 cm³/mol. The molecular weight excluding hydrogens is 208 g/mol. The maximum absolute atomic E-state index is 11.6. The van der Waals surface area contributed by atoms with Crippen molar-refractivity contribution in [2.75, 3.05) is 5.73 Å². The molecule has 2 rings (SSSR count). The fourth-order valence-corrected chi connectivity index (χ4v) is 2.08. The van der Waals surface area contributed by atoms with Crippen LogP contribution in [0, 0.1) is 6.92 Å². The summed E-state index contributed by atoms with van der Waals surface area (Å²) < 4.78 is 1.63. The summed E-state index contributed by atoms with van der Waals surface area (Å²) in [6, 6.07) is 5.55. The minimum absolute atomic E-state index is 0.00454. The highest BCUT2D eigenvalue weighted by Crippen LogP contribution is 2.11. The highest BCUT2D eigenvalue weighted by Gasteiger charge is 2.01. The van der Waals surface area contributed by atoms with E-state index in [0.717, 1.165) is 10.4 Å². The van der Waals surface area contributed by atoms with Gasteiger partial charge in [-0.15, -0.1) is 11.3 Å². The van der Waals surface area contributed by atoms with E-state index < -0.39 is 0 Å². The summed E-state index contributed by atoms with van der Waals surface area (Å²) in [7, 11) is 0. The lowest BCUT2D eigenvalue weighted by Gasteiger charge is -2.06. The van der Waals surface area contributed by atoms with Crippen molar-refractivity contribution in [3.63, 3.8) is 0 Å². The van der Waals surface area contributed by atoms with Gasteiger partial charge >= 0.3 is 0 Å². The van der Waals surface area contributed by atoms with Crippen LogP contribution in [0.1, 0.15) is 10.4 Å². The molecule has 0 aliphatic rings. The van der Waals surface area contributed by atoms with Gasteiger partial charge < -0.3 is 10.3 Å². The van der Waals surface area contributed by atoms with Crippen molar-refractivity contribution in [3.8, 4) is 0 Å². The van der Waals surface area contributed by atoms with Gasteiger partial charge in [-0.2, -0.15) is 0 Å². The molecule has 0 saturated heterocycles. The molecule has 0 aliphatic heterocycles. The van der Waals surface area contributed by atoms with Gasteiger partial charge in [0.1, 0.15) is 0 Å². The molecule has 0 bridgehead atoms. The van der Waals surface area contributed by atoms with Gasteiger partial charge in [0.05, 0.1) is 12.2 Å². The third kappa shape index (κ3) is 2.10. The number of nitrogens with two attached hydrogens (primary N) is 1. The molecular formula is C11H12N2OS. The first kappa shape index (κ1) is 9.98. The molecule has 15 heavy (non-hydrogen) atoms. The van der Waals surface area contributed by atoms with Crippen LogP contribution in [0.3, 0.4) is 0 Å². The summed E-state index contributed by atoms with van der Waals surface area (Å²) in [5.41, 5.74) is 7.25. The van der Waals surface area contributed by atoms with Gasteiger partial charge in [-0.3, -0.25) is 4.79 Å². The Bertz CT molecular complexity index is 514. The second-order valence-corrected chi connectivity index (χ2v) is 4.49. The molecule has 0 saturated carbocycles. The van der Waals surface area contributed by atoms with Crippen molar-refractivity contribution in [3.05, 3.63) is 50.6 Å². The molecule has 0 aliphatic carbocycles. The van der Waals surface area contributed by atoms with Crippen molar-refractivity contribution in [1.29, 1.82) is 0 Å². The van der Waals surface area contributed by atoms with Crippen LogP contribution in [-0.2, 0) is 6.54 Å². The summed E-state index contributed by atoms with van der Waals surface area (Å²) in [4.78, 5) is 12.8. The highest BCUT2D eigenvalue weighted by atomic mass is 32.1. The minimum Gasteiger partial charge on any atom is -0.397 e. The average Bonchev–Trinajstić information content (AvgIpc) is 2.67. The van der Waals surface area contributed by atoms with Crippen LogP contribution in [0.5, 0.6) is 0 Å². The van der Waals surface area contributed by atoms with E-state index in [1.165, 1.54) is 0 Å². The Morgan fingerprint density at radius 2 is 2.33 bits per heavy atom. The number of anilines is 1. The first-order chi connectivity index (χ1) is 7.16. The SMILES string of the molecule is Cc1cc(=O)n(Cc2cccs2)cc1N. The maximum Gasteiger partial charge on any atom is 0.251 e. The van der Waals surface area contributed by atoms with Gasteiger partial charge in [0.25, 0.3) is 5.56 Å². The lowest BCUT2D eigenvalue weighted by atomic mass is 10.2. The smallest absolute Gasteiger partial charge is 0.251 e. The van der Waals surface area contributed by atoms with Crippen LogP contribution in [0.4, 0.5) is 5.69 Å². The second-order valence-electron chi connectivity index (χ2n) is 3.46. The lowest BCUT2D eigenvalue weighted by molar-refractivity contribution is 0.770. The number of hydrogen-bond donors (Lipinski definition) is 1. The third-order valence-electron chi connectivity index (χ3n) is 2.28. The maximum atomic E-state index is 11.6. The number of aromatic nitrogens is 1. The summed E-state index contributed by atoms with van der Waals surface area (Å²) in [5, 5.41) is 2.00. The summed E-state index contributed by atoms with van der Waals surface area (Å²) in [5.74, 6) is 0. The largest absolute Gasteiger partial charge is 0.397 e. The van der Waals surface area contributed by atoms with E-state index in [-0.39, 0.29) is 5.56 Å². The second kappa shape index (κ2) is 3.90. The first-order valence-corrected chi connectivity index (χ1v) is 5.54. The van der Waals surface area contributed by atoms with Crippen LogP contribution in [0.25, 0.3) is 0 Å². The average molecular weight is 220 g/mol. The predicted octanol–water partition coefficient (Wildman–Crippen LogP) is 1.85. The molecule has 0 amide bonds. The third-order valence-corrected chi connectivity index (χ3v) is 3.14. The summed E-state index contributed by atoms with van der Waals surface area (Å²) >= 11 is 1.64. The molecule has 0 unspecified atom stereocenters. The molecule has 4 heteroatoms. The quantitative estimate of drug-likeness (QED) is 0.839. The van der Waals surface area contributed by atoms with Crippen LogP contribution in [0.15, 0.2) is 34.6 Å². The van der Waals surface area contributed by atoms with Crippen molar-refractivity contribution in [2.45, 2.75) is 13.5 Å². The molecule has 2 aromatic heterocycles. The molecule has 0 aromatic carbocycles. The van der Waals surface area contributed by atoms with Gasteiger partial charge in [0.15, 0.2) is 0 Å². The summed E-state index contributed by atoms with van der Waals surface area (Å²) in [6.45, 7) is 2.44. The van der Waals surface area contributed by atoms with E-state index in [1.54, 1.807) is 28.2 Å². The molecule has 0 radical (unpaired) electrons. The summed E-state index contributed by atoms with van der Waals surface area (Å²) in [6.07, 6.45) is 1.71. The Kier molecular flexibility index (Phi) is 2.60. The van der Waals surface area contributed by atoms with E-state index >= 15 is 0 Å². The Balaban J connectivity index is 2.37. The number of rotatable bonds is 2. The van der Waals surface area contributed by atoms with E-state index in [9.17, 15) is 4.79 Å². The molecule has 0 atom stereocenters. The van der Waals surface area contributed by atoms with Crippen LogP contribution < -0.4 is 11.3 Å². The molecule has 0 spiro atoms. The number of nitrogens with zero attached hydrogens (tertiary/aromatic N) is 1. The standard InChI is InChI=1S/C11H12N2OS/c1-8-5-11(14)13(7-10(8)12)6-9-3-2-4-15-9/h2-5,7H,6,12H2,1H3. The van der Waals surface area contributed by atoms with Gasteiger partial charge in [0, 0.05) is 17.1 Å². The zero-order valence-electron chi connectivity index (χ0n) is 8.43. The monoisotopic (exact) mass is 220 g/mol. The number of nitrogen functional groups attached to an aromatic ring is 1. The van der Waals surface area contributed by atoms with E-state index in [4.69, 9.17) is 5.73 Å². The fourth-order valence-electron chi connectivity index (χ4n) is 1.38. The number of aryl methyl sites for hydroxylation is 1. The van der Waals surface area contributed by atoms with Gasteiger partial charge in [-0.05, 0) is 23.9 Å². The molecule has 78 valence electrons. The van der Waals surface area contributed by atoms with Crippen LogP contribution in [0.2, 0.25) is 0 Å². The van der Waals surface area contributed by atoms with Crippen molar-refractivity contribution < 1.29 is 0 Å². The molecule has 2 aromatic rings. The molecule has 3 nitrogen and oxygen atoms in total. The van der Waals surface area contributed by atoms with E-state index in [1.807, 2.05) is 24.4 Å². The van der Waals surface area contributed by atoms with Gasteiger partial charge in [-0.1, -0.05) is 6.07 Å². The Morgan fingerprint density at radius 1 is 1.53 bits per heavy atom. The normalized spacial score (nSPS) is 10.5. The molecule has 0 fully saturated rings. The molecule has 2 heterocycles. The van der Waals surface area contributed by atoms with Gasteiger partial charge in [0.2, 0.25) is 0 Å². The zero-order chi connectivity index (χ0) is 10.8. The Morgan fingerprint density at radius 3 is 3.00 bits per heavy atom. The van der Waals surface area contributed by atoms with E-state index in [0.29, 0.717) is 12.2 Å². The topological polar surface area (TPSA) is 48.0 Å². The molecule has 2 N–H and O–H groups in total.